The Balaban J connectivity index is 1.31. The molecular formula is C31H35F5O2. The Kier molecular flexibility index (Phi) is 9.64. The molecule has 1 saturated carbocycles. The highest BCUT2D eigenvalue weighted by Crippen LogP contribution is 2.34. The van der Waals surface area contributed by atoms with E-state index in [4.69, 9.17) is 4.74 Å². The van der Waals surface area contributed by atoms with Crippen molar-refractivity contribution in [1.29, 1.82) is 0 Å². The lowest BCUT2D eigenvalue weighted by molar-refractivity contribution is -0.153. The summed E-state index contributed by atoms with van der Waals surface area (Å²) in [5, 5.41) is 1.43. The molecule has 0 heterocycles. The summed E-state index contributed by atoms with van der Waals surface area (Å²) in [6.07, 6.45) is 4.56. The molecule has 2 nitrogen and oxygen atoms in total. The van der Waals surface area contributed by atoms with Gasteiger partial charge in [0.15, 0.2) is 18.2 Å². The van der Waals surface area contributed by atoms with E-state index in [0.29, 0.717) is 29.4 Å². The average molecular weight is 535 g/mol. The van der Waals surface area contributed by atoms with Crippen LogP contribution in [0.5, 0.6) is 5.75 Å². The number of benzene rings is 3. The second kappa shape index (κ2) is 12.9. The molecule has 1 fully saturated rings. The van der Waals surface area contributed by atoms with Crippen molar-refractivity contribution in [3.8, 4) is 5.75 Å². The molecule has 3 aromatic rings. The van der Waals surface area contributed by atoms with Gasteiger partial charge in [0, 0.05) is 19.1 Å². The van der Waals surface area contributed by atoms with Crippen LogP contribution in [0.25, 0.3) is 10.8 Å². The summed E-state index contributed by atoms with van der Waals surface area (Å²) in [6, 6.07) is 13.4. The zero-order valence-corrected chi connectivity index (χ0v) is 21.8. The predicted octanol–water partition coefficient (Wildman–Crippen LogP) is 8.62. The largest absolute Gasteiger partial charge is 0.481 e. The third-order valence-corrected chi connectivity index (χ3v) is 7.71. The highest BCUT2D eigenvalue weighted by molar-refractivity contribution is 5.84. The molecule has 3 aromatic carbocycles. The lowest BCUT2D eigenvalue weighted by Gasteiger charge is -2.28. The quantitative estimate of drug-likeness (QED) is 0.229. The molecule has 1 aliphatic carbocycles. The van der Waals surface area contributed by atoms with E-state index in [0.717, 1.165) is 49.2 Å². The monoisotopic (exact) mass is 534 g/mol. The van der Waals surface area contributed by atoms with Crippen LogP contribution in [0.15, 0.2) is 48.5 Å². The maximum Gasteiger partial charge on any atom is 0.422 e. The van der Waals surface area contributed by atoms with Crippen molar-refractivity contribution in [3.05, 3.63) is 76.9 Å². The van der Waals surface area contributed by atoms with E-state index in [1.165, 1.54) is 43.4 Å². The average Bonchev–Trinajstić information content (AvgIpc) is 2.90. The van der Waals surface area contributed by atoms with Gasteiger partial charge in [0.2, 0.25) is 0 Å². The van der Waals surface area contributed by atoms with E-state index in [1.807, 2.05) is 18.2 Å². The molecule has 0 radical (unpaired) electrons. The molecule has 7 heteroatoms. The van der Waals surface area contributed by atoms with E-state index in [9.17, 15) is 17.6 Å². The summed E-state index contributed by atoms with van der Waals surface area (Å²) in [5.41, 5.74) is 2.30. The van der Waals surface area contributed by atoms with Gasteiger partial charge < -0.3 is 9.47 Å². The normalized spacial score (nSPS) is 18.2. The summed E-state index contributed by atoms with van der Waals surface area (Å²) in [5.74, 6) is -0.0571. The molecule has 0 aliphatic heterocycles. The Morgan fingerprint density at radius 1 is 0.789 bits per heavy atom. The summed E-state index contributed by atoms with van der Waals surface area (Å²) in [7, 11) is 1.76. The summed E-state index contributed by atoms with van der Waals surface area (Å²) in [4.78, 5) is 0. The van der Waals surface area contributed by atoms with E-state index in [-0.39, 0.29) is 5.82 Å². The van der Waals surface area contributed by atoms with Gasteiger partial charge in [0.05, 0.1) is 0 Å². The fourth-order valence-electron chi connectivity index (χ4n) is 5.45. The van der Waals surface area contributed by atoms with Crippen LogP contribution in [0.2, 0.25) is 0 Å². The zero-order valence-electron chi connectivity index (χ0n) is 21.8. The van der Waals surface area contributed by atoms with Crippen LogP contribution in [-0.4, -0.2) is 26.5 Å². The summed E-state index contributed by atoms with van der Waals surface area (Å²) in [6.45, 7) is -0.705. The Morgan fingerprint density at radius 3 is 2.16 bits per heavy atom. The number of ether oxygens (including phenoxy) is 2. The second-order valence-electron chi connectivity index (χ2n) is 10.5. The molecule has 0 atom stereocenters. The second-order valence-corrected chi connectivity index (χ2v) is 10.5. The number of fused-ring (bicyclic) bond motifs is 1. The topological polar surface area (TPSA) is 18.5 Å². The van der Waals surface area contributed by atoms with Gasteiger partial charge in [-0.25, -0.2) is 8.78 Å². The highest BCUT2D eigenvalue weighted by atomic mass is 19.4. The van der Waals surface area contributed by atoms with Crippen molar-refractivity contribution in [2.24, 2.45) is 11.8 Å². The van der Waals surface area contributed by atoms with Crippen LogP contribution in [-0.2, 0) is 24.0 Å². The smallest absolute Gasteiger partial charge is 0.422 e. The van der Waals surface area contributed by atoms with Crippen LogP contribution >= 0.6 is 0 Å². The summed E-state index contributed by atoms with van der Waals surface area (Å²) < 4.78 is 76.0. The number of rotatable bonds is 11. The lowest BCUT2D eigenvalue weighted by Crippen LogP contribution is -2.19. The first-order valence-electron chi connectivity index (χ1n) is 13.4. The number of halogens is 5. The molecule has 0 unspecified atom stereocenters. The van der Waals surface area contributed by atoms with Gasteiger partial charge in [-0.2, -0.15) is 13.2 Å². The molecule has 4 rings (SSSR count). The van der Waals surface area contributed by atoms with Crippen molar-refractivity contribution >= 4 is 10.8 Å². The molecule has 206 valence electrons. The third kappa shape index (κ3) is 7.92. The van der Waals surface area contributed by atoms with Crippen LogP contribution in [0.3, 0.4) is 0 Å². The van der Waals surface area contributed by atoms with E-state index >= 15 is 4.39 Å². The Labute approximate surface area is 221 Å². The van der Waals surface area contributed by atoms with Gasteiger partial charge >= 0.3 is 6.18 Å². The Morgan fingerprint density at radius 2 is 1.47 bits per heavy atom. The maximum absolute atomic E-state index is 15.3. The number of methoxy groups -OCH3 is 1. The lowest BCUT2D eigenvalue weighted by atomic mass is 9.78. The molecule has 0 N–H and O–H groups in total. The van der Waals surface area contributed by atoms with E-state index < -0.39 is 24.3 Å². The first-order chi connectivity index (χ1) is 18.2. The molecule has 0 aromatic heterocycles. The van der Waals surface area contributed by atoms with E-state index in [1.54, 1.807) is 13.2 Å². The molecule has 0 spiro atoms. The van der Waals surface area contributed by atoms with Crippen LogP contribution in [0.1, 0.15) is 55.2 Å². The van der Waals surface area contributed by atoms with Crippen LogP contribution in [0, 0.1) is 23.5 Å². The van der Waals surface area contributed by atoms with Crippen molar-refractivity contribution in [1.82, 2.24) is 0 Å². The first kappa shape index (κ1) is 28.3. The van der Waals surface area contributed by atoms with Gasteiger partial charge in [-0.3, -0.25) is 0 Å². The van der Waals surface area contributed by atoms with Gasteiger partial charge in [0.25, 0.3) is 0 Å². The number of hydrogen-bond acceptors (Lipinski definition) is 2. The Hall–Kier alpha value is -2.67. The van der Waals surface area contributed by atoms with Crippen LogP contribution < -0.4 is 4.74 Å². The maximum atomic E-state index is 15.3. The highest BCUT2D eigenvalue weighted by Gasteiger charge is 2.29. The third-order valence-electron chi connectivity index (χ3n) is 7.71. The number of hydrogen-bond donors (Lipinski definition) is 0. The molecular weight excluding hydrogens is 499 g/mol. The van der Waals surface area contributed by atoms with Gasteiger partial charge in [-0.15, -0.1) is 0 Å². The predicted molar refractivity (Wildman–Crippen MR) is 140 cm³/mol. The molecule has 0 amide bonds. The number of aryl methyl sites for hydroxylation is 3. The minimum atomic E-state index is -4.54. The SMILES string of the molecule is COCCC1CCC(CCc2ccc3c(F)c(CCc4ccc(OCC(F)(F)F)c(F)c4)ccc3c2)CC1. The van der Waals surface area contributed by atoms with Gasteiger partial charge in [-0.05, 0) is 78.1 Å². The van der Waals surface area contributed by atoms with Crippen molar-refractivity contribution in [2.75, 3.05) is 20.3 Å². The fraction of sp³-hybridized carbons (Fsp3) is 0.484. The standard InChI is InChI=1S/C31H35F5O2/c1-37-17-16-22-4-2-21(3-5-22)6-7-23-9-14-27-26(18-23)13-12-25(30(27)33)11-8-24-10-15-29(28(32)19-24)38-20-31(34,35)36/h9-10,12-15,18-19,21-22H,2-8,11,16-17,20H2,1H3. The van der Waals surface area contributed by atoms with Crippen molar-refractivity contribution in [3.63, 3.8) is 0 Å². The summed E-state index contributed by atoms with van der Waals surface area (Å²) >= 11 is 0. The first-order valence-corrected chi connectivity index (χ1v) is 13.4. The van der Waals surface area contributed by atoms with E-state index in [2.05, 4.69) is 10.8 Å². The van der Waals surface area contributed by atoms with Crippen molar-refractivity contribution < 1.29 is 31.4 Å². The minimum Gasteiger partial charge on any atom is -0.481 e. The van der Waals surface area contributed by atoms with Crippen LogP contribution in [0.4, 0.5) is 22.0 Å². The molecule has 1 aliphatic rings. The van der Waals surface area contributed by atoms with Gasteiger partial charge in [-0.1, -0.05) is 62.1 Å². The molecule has 0 saturated heterocycles. The van der Waals surface area contributed by atoms with Crippen molar-refractivity contribution in [2.45, 2.75) is 64.0 Å². The zero-order chi connectivity index (χ0) is 27.1. The minimum absolute atomic E-state index is 0.283. The fourth-order valence-corrected chi connectivity index (χ4v) is 5.45. The van der Waals surface area contributed by atoms with Gasteiger partial charge in [0.1, 0.15) is 5.82 Å². The molecule has 38 heavy (non-hydrogen) atoms. The molecule has 0 bridgehead atoms. The number of alkyl halides is 3. The Bertz CT molecular complexity index is 1200.